The molecule has 6 heteroatoms. The Hall–Kier alpha value is -1.37. The number of rotatable bonds is 4. The highest BCUT2D eigenvalue weighted by molar-refractivity contribution is 7.91. The number of phenols is 1. The van der Waals surface area contributed by atoms with Crippen LogP contribution in [-0.2, 0) is 16.6 Å². The van der Waals surface area contributed by atoms with Crippen LogP contribution in [-0.4, -0.2) is 13.5 Å². The van der Waals surface area contributed by atoms with E-state index in [1.165, 1.54) is 23.5 Å². The van der Waals surface area contributed by atoms with Crippen LogP contribution in [0.4, 0.5) is 0 Å². The lowest BCUT2D eigenvalue weighted by molar-refractivity contribution is 0.474. The van der Waals surface area contributed by atoms with Crippen molar-refractivity contribution in [2.45, 2.75) is 10.8 Å². The molecule has 0 fully saturated rings. The fraction of sp³-hybridized carbons (Fsp3) is 0.0909. The first-order valence-electron chi connectivity index (χ1n) is 4.89. The van der Waals surface area contributed by atoms with Gasteiger partial charge >= 0.3 is 0 Å². The van der Waals surface area contributed by atoms with E-state index in [0.29, 0.717) is 5.56 Å². The highest BCUT2D eigenvalue weighted by Gasteiger charge is 2.14. The largest absolute Gasteiger partial charge is 0.508 e. The Morgan fingerprint density at radius 3 is 2.71 bits per heavy atom. The molecule has 0 aliphatic carbocycles. The fourth-order valence-corrected chi connectivity index (χ4v) is 3.39. The van der Waals surface area contributed by atoms with Crippen molar-refractivity contribution in [2.24, 2.45) is 0 Å². The molecule has 90 valence electrons. The van der Waals surface area contributed by atoms with E-state index < -0.39 is 10.0 Å². The lowest BCUT2D eigenvalue weighted by Crippen LogP contribution is -2.22. The summed E-state index contributed by atoms with van der Waals surface area (Å²) in [5, 5.41) is 11.0. The molecule has 0 radical (unpaired) electrons. The molecule has 2 aromatic rings. The maximum atomic E-state index is 11.8. The molecule has 0 unspecified atom stereocenters. The van der Waals surface area contributed by atoms with Crippen LogP contribution in [0.1, 0.15) is 5.56 Å². The lowest BCUT2D eigenvalue weighted by Gasteiger charge is -2.05. The zero-order valence-electron chi connectivity index (χ0n) is 8.83. The average Bonchev–Trinajstić information content (AvgIpc) is 2.81. The van der Waals surface area contributed by atoms with Crippen molar-refractivity contribution in [3.63, 3.8) is 0 Å². The van der Waals surface area contributed by atoms with E-state index in [1.807, 2.05) is 0 Å². The molecular weight excluding hydrogens is 258 g/mol. The van der Waals surface area contributed by atoms with Gasteiger partial charge in [0, 0.05) is 6.54 Å². The van der Waals surface area contributed by atoms with Crippen LogP contribution < -0.4 is 4.72 Å². The fourth-order valence-electron chi connectivity index (χ4n) is 1.33. The number of nitrogens with one attached hydrogen (secondary N) is 1. The Kier molecular flexibility index (Phi) is 3.46. The van der Waals surface area contributed by atoms with Crippen LogP contribution >= 0.6 is 11.3 Å². The minimum Gasteiger partial charge on any atom is -0.508 e. The normalized spacial score (nSPS) is 11.5. The first kappa shape index (κ1) is 12.1. The maximum absolute atomic E-state index is 11.8. The van der Waals surface area contributed by atoms with Gasteiger partial charge in [-0.15, -0.1) is 11.3 Å². The van der Waals surface area contributed by atoms with Gasteiger partial charge in [0.25, 0.3) is 0 Å². The molecule has 2 rings (SSSR count). The summed E-state index contributed by atoms with van der Waals surface area (Å²) in [5.41, 5.74) is 0.713. The highest BCUT2D eigenvalue weighted by Crippen LogP contribution is 2.16. The molecule has 0 saturated carbocycles. The molecule has 0 spiro atoms. The van der Waals surface area contributed by atoms with E-state index in [1.54, 1.807) is 29.6 Å². The molecule has 0 aliphatic rings. The van der Waals surface area contributed by atoms with Gasteiger partial charge in [0.05, 0.1) is 0 Å². The second kappa shape index (κ2) is 4.87. The number of thiophene rings is 1. The number of sulfonamides is 1. The molecule has 0 bridgehead atoms. The summed E-state index contributed by atoms with van der Waals surface area (Å²) >= 11 is 1.17. The predicted octanol–water partition coefficient (Wildman–Crippen LogP) is 1.93. The van der Waals surface area contributed by atoms with Crippen molar-refractivity contribution >= 4 is 21.4 Å². The Morgan fingerprint density at radius 2 is 2.06 bits per heavy atom. The number of phenolic OH excluding ortho intramolecular Hbond substituents is 1. The van der Waals surface area contributed by atoms with Crippen LogP contribution in [0.2, 0.25) is 0 Å². The molecule has 1 aromatic heterocycles. The topological polar surface area (TPSA) is 66.4 Å². The Bertz CT molecular complexity index is 591. The van der Waals surface area contributed by atoms with Gasteiger partial charge in [-0.05, 0) is 29.1 Å². The Morgan fingerprint density at radius 1 is 1.24 bits per heavy atom. The van der Waals surface area contributed by atoms with E-state index in [0.717, 1.165) is 0 Å². The molecule has 0 saturated heterocycles. The monoisotopic (exact) mass is 269 g/mol. The van der Waals surface area contributed by atoms with Crippen molar-refractivity contribution in [1.82, 2.24) is 4.72 Å². The number of aromatic hydroxyl groups is 1. The SMILES string of the molecule is O=S(=O)(NCc1cccc(O)c1)c1cccs1. The van der Waals surface area contributed by atoms with E-state index in [9.17, 15) is 13.5 Å². The maximum Gasteiger partial charge on any atom is 0.250 e. The molecule has 0 amide bonds. The number of benzene rings is 1. The van der Waals surface area contributed by atoms with Crippen LogP contribution in [0.15, 0.2) is 46.0 Å². The molecule has 0 atom stereocenters. The average molecular weight is 269 g/mol. The summed E-state index contributed by atoms with van der Waals surface area (Å²) < 4.78 is 26.3. The molecule has 1 heterocycles. The van der Waals surface area contributed by atoms with E-state index in [4.69, 9.17) is 0 Å². The quantitative estimate of drug-likeness (QED) is 0.891. The third kappa shape index (κ3) is 3.06. The van der Waals surface area contributed by atoms with Gasteiger partial charge in [-0.1, -0.05) is 18.2 Å². The van der Waals surface area contributed by atoms with Gasteiger partial charge in [0.2, 0.25) is 10.0 Å². The summed E-state index contributed by atoms with van der Waals surface area (Å²) in [7, 11) is -3.44. The Labute approximate surface area is 104 Å². The van der Waals surface area contributed by atoms with Gasteiger partial charge in [0.15, 0.2) is 0 Å². The standard InChI is InChI=1S/C11H11NO3S2/c13-10-4-1-3-9(7-10)8-12-17(14,15)11-5-2-6-16-11/h1-7,12-13H,8H2. The summed E-state index contributed by atoms with van der Waals surface area (Å²) in [5.74, 6) is 0.123. The molecule has 1 aromatic carbocycles. The predicted molar refractivity (Wildman–Crippen MR) is 66.5 cm³/mol. The minimum atomic E-state index is -3.44. The van der Waals surface area contributed by atoms with Gasteiger partial charge in [0.1, 0.15) is 9.96 Å². The van der Waals surface area contributed by atoms with E-state index in [-0.39, 0.29) is 16.5 Å². The van der Waals surface area contributed by atoms with Crippen molar-refractivity contribution < 1.29 is 13.5 Å². The Balaban J connectivity index is 2.08. The van der Waals surface area contributed by atoms with Gasteiger partial charge in [-0.25, -0.2) is 13.1 Å². The minimum absolute atomic E-state index is 0.123. The molecule has 17 heavy (non-hydrogen) atoms. The second-order valence-electron chi connectivity index (χ2n) is 3.43. The smallest absolute Gasteiger partial charge is 0.250 e. The summed E-state index contributed by atoms with van der Waals surface area (Å²) in [6.07, 6.45) is 0. The van der Waals surface area contributed by atoms with Crippen LogP contribution in [0.3, 0.4) is 0 Å². The van der Waals surface area contributed by atoms with Crippen LogP contribution in [0.25, 0.3) is 0 Å². The van der Waals surface area contributed by atoms with Gasteiger partial charge in [-0.3, -0.25) is 0 Å². The van der Waals surface area contributed by atoms with Crippen LogP contribution in [0.5, 0.6) is 5.75 Å². The van der Waals surface area contributed by atoms with Crippen molar-refractivity contribution in [3.05, 3.63) is 47.3 Å². The van der Waals surface area contributed by atoms with E-state index >= 15 is 0 Å². The molecule has 2 N–H and O–H groups in total. The first-order chi connectivity index (χ1) is 8.08. The lowest BCUT2D eigenvalue weighted by atomic mass is 10.2. The third-order valence-electron chi connectivity index (χ3n) is 2.14. The zero-order valence-corrected chi connectivity index (χ0v) is 10.5. The number of hydrogen-bond acceptors (Lipinski definition) is 4. The molecule has 4 nitrogen and oxygen atoms in total. The summed E-state index contributed by atoms with van der Waals surface area (Å²) in [6, 6.07) is 9.72. The van der Waals surface area contributed by atoms with Crippen molar-refractivity contribution in [1.29, 1.82) is 0 Å². The molecule has 0 aliphatic heterocycles. The summed E-state index contributed by atoms with van der Waals surface area (Å²) in [4.78, 5) is 0. The van der Waals surface area contributed by atoms with Crippen molar-refractivity contribution in [2.75, 3.05) is 0 Å². The van der Waals surface area contributed by atoms with Gasteiger partial charge < -0.3 is 5.11 Å². The molecular formula is C11H11NO3S2. The second-order valence-corrected chi connectivity index (χ2v) is 6.37. The first-order valence-corrected chi connectivity index (χ1v) is 7.25. The number of hydrogen-bond donors (Lipinski definition) is 2. The van der Waals surface area contributed by atoms with Gasteiger partial charge in [-0.2, -0.15) is 0 Å². The zero-order chi connectivity index (χ0) is 12.3. The summed E-state index contributed by atoms with van der Waals surface area (Å²) in [6.45, 7) is 0.161. The van der Waals surface area contributed by atoms with Crippen molar-refractivity contribution in [3.8, 4) is 5.75 Å². The van der Waals surface area contributed by atoms with Crippen LogP contribution in [0, 0.1) is 0 Å². The highest BCUT2D eigenvalue weighted by atomic mass is 32.2. The van der Waals surface area contributed by atoms with E-state index in [2.05, 4.69) is 4.72 Å². The third-order valence-corrected chi connectivity index (χ3v) is 4.94.